The van der Waals surface area contributed by atoms with Crippen LogP contribution in [0.3, 0.4) is 0 Å². The topological polar surface area (TPSA) is 79.3 Å². The van der Waals surface area contributed by atoms with Gasteiger partial charge in [0.1, 0.15) is 5.01 Å². The van der Waals surface area contributed by atoms with Crippen molar-refractivity contribution >= 4 is 23.2 Å². The average Bonchev–Trinajstić information content (AvgIpc) is 2.76. The van der Waals surface area contributed by atoms with Crippen molar-refractivity contribution in [1.82, 2.24) is 10.3 Å². The third-order valence-corrected chi connectivity index (χ3v) is 2.95. The van der Waals surface area contributed by atoms with Gasteiger partial charge in [0.05, 0.1) is 12.5 Å². The van der Waals surface area contributed by atoms with Crippen LogP contribution in [-0.4, -0.2) is 22.0 Å². The zero-order valence-corrected chi connectivity index (χ0v) is 9.79. The smallest absolute Gasteiger partial charge is 0.303 e. The van der Waals surface area contributed by atoms with E-state index in [4.69, 9.17) is 5.11 Å². The molecule has 1 heterocycles. The van der Waals surface area contributed by atoms with E-state index in [-0.39, 0.29) is 24.8 Å². The quantitative estimate of drug-likeness (QED) is 0.793. The lowest BCUT2D eigenvalue weighted by molar-refractivity contribution is -0.138. The number of rotatable bonds is 6. The van der Waals surface area contributed by atoms with Crippen molar-refractivity contribution in [2.75, 3.05) is 0 Å². The molecule has 0 spiro atoms. The molecule has 1 rings (SSSR count). The third kappa shape index (κ3) is 3.98. The fraction of sp³-hybridized carbons (Fsp3) is 0.500. The minimum Gasteiger partial charge on any atom is -0.481 e. The Labute approximate surface area is 97.5 Å². The summed E-state index contributed by atoms with van der Waals surface area (Å²) in [5, 5.41) is 13.9. The molecule has 0 saturated carbocycles. The van der Waals surface area contributed by atoms with Crippen molar-refractivity contribution < 1.29 is 14.7 Å². The maximum atomic E-state index is 11.4. The second-order valence-corrected chi connectivity index (χ2v) is 4.22. The summed E-state index contributed by atoms with van der Waals surface area (Å²) >= 11 is 1.48. The molecule has 0 bridgehead atoms. The highest BCUT2D eigenvalue weighted by Gasteiger charge is 2.15. The Morgan fingerprint density at radius 3 is 2.81 bits per heavy atom. The van der Waals surface area contributed by atoms with Gasteiger partial charge >= 0.3 is 5.97 Å². The lowest BCUT2D eigenvalue weighted by atomic mass is 10.2. The van der Waals surface area contributed by atoms with Crippen LogP contribution in [0.5, 0.6) is 0 Å². The van der Waals surface area contributed by atoms with Gasteiger partial charge in [-0.3, -0.25) is 9.59 Å². The molecule has 1 amide bonds. The number of nitrogens with zero attached hydrogens (tertiary/aromatic N) is 1. The van der Waals surface area contributed by atoms with Gasteiger partial charge in [-0.15, -0.1) is 11.3 Å². The third-order valence-electron chi connectivity index (χ3n) is 2.06. The van der Waals surface area contributed by atoms with E-state index in [2.05, 4.69) is 10.3 Å². The Hall–Kier alpha value is -1.43. The summed E-state index contributed by atoms with van der Waals surface area (Å²) < 4.78 is 0. The average molecular weight is 242 g/mol. The molecular formula is C10H14N2O3S. The van der Waals surface area contributed by atoms with Crippen LogP contribution in [-0.2, 0) is 9.59 Å². The molecule has 5 nitrogen and oxygen atoms in total. The van der Waals surface area contributed by atoms with Crippen molar-refractivity contribution in [1.29, 1.82) is 0 Å². The van der Waals surface area contributed by atoms with Gasteiger partial charge in [-0.2, -0.15) is 0 Å². The molecule has 0 aliphatic carbocycles. The maximum absolute atomic E-state index is 11.4. The molecule has 0 aromatic carbocycles. The molecule has 0 radical (unpaired) electrons. The molecule has 0 saturated heterocycles. The molecule has 0 aliphatic rings. The predicted octanol–water partition coefficient (Wildman–Crippen LogP) is 1.58. The van der Waals surface area contributed by atoms with Crippen molar-refractivity contribution in [2.45, 2.75) is 32.2 Å². The van der Waals surface area contributed by atoms with Crippen LogP contribution in [0, 0.1) is 0 Å². The molecule has 16 heavy (non-hydrogen) atoms. The van der Waals surface area contributed by atoms with E-state index in [0.29, 0.717) is 0 Å². The van der Waals surface area contributed by atoms with E-state index in [9.17, 15) is 9.59 Å². The lowest BCUT2D eigenvalue weighted by Crippen LogP contribution is -2.28. The molecule has 1 aromatic heterocycles. The number of aliphatic carboxylic acids is 1. The number of hydrogen-bond acceptors (Lipinski definition) is 4. The Morgan fingerprint density at radius 1 is 1.56 bits per heavy atom. The van der Waals surface area contributed by atoms with Crippen LogP contribution in [0.2, 0.25) is 0 Å². The molecule has 0 fully saturated rings. The Morgan fingerprint density at radius 2 is 2.31 bits per heavy atom. The predicted molar refractivity (Wildman–Crippen MR) is 60.2 cm³/mol. The van der Waals surface area contributed by atoms with Crippen molar-refractivity contribution in [3.05, 3.63) is 16.6 Å². The number of hydrogen-bond donors (Lipinski definition) is 2. The summed E-state index contributed by atoms with van der Waals surface area (Å²) in [5.74, 6) is -1.21. The summed E-state index contributed by atoms with van der Waals surface area (Å²) in [6, 6.07) is -0.110. The molecule has 88 valence electrons. The number of carboxylic acid groups (broad SMARTS) is 1. The fourth-order valence-electron chi connectivity index (χ4n) is 1.23. The van der Waals surface area contributed by atoms with Gasteiger partial charge in [0, 0.05) is 18.0 Å². The Bertz CT molecular complexity index is 351. The molecule has 2 N–H and O–H groups in total. The largest absolute Gasteiger partial charge is 0.481 e. The number of carbonyl (C=O) groups excluding carboxylic acids is 1. The number of nitrogens with one attached hydrogen (secondary N) is 1. The zero-order valence-electron chi connectivity index (χ0n) is 8.97. The van der Waals surface area contributed by atoms with Gasteiger partial charge in [-0.25, -0.2) is 4.98 Å². The summed E-state index contributed by atoms with van der Waals surface area (Å²) in [6.07, 6.45) is 2.30. The maximum Gasteiger partial charge on any atom is 0.303 e. The van der Waals surface area contributed by atoms with Crippen LogP contribution in [0.4, 0.5) is 0 Å². The lowest BCUT2D eigenvalue weighted by Gasteiger charge is -2.13. The highest BCUT2D eigenvalue weighted by Crippen LogP contribution is 2.18. The van der Waals surface area contributed by atoms with Crippen LogP contribution < -0.4 is 5.32 Å². The molecule has 1 unspecified atom stereocenters. The number of aromatic nitrogens is 1. The summed E-state index contributed by atoms with van der Waals surface area (Å²) in [6.45, 7) is 1.95. The SMILES string of the molecule is CCC(NC(=O)CCC(=O)O)c1nccs1. The minimum absolute atomic E-state index is 0.0111. The zero-order chi connectivity index (χ0) is 12.0. The van der Waals surface area contributed by atoms with Crippen LogP contribution in [0.15, 0.2) is 11.6 Å². The second kappa shape index (κ2) is 6.22. The highest BCUT2D eigenvalue weighted by molar-refractivity contribution is 7.09. The molecule has 1 atom stereocenters. The van der Waals surface area contributed by atoms with E-state index < -0.39 is 5.97 Å². The monoisotopic (exact) mass is 242 g/mol. The fourth-order valence-corrected chi connectivity index (χ4v) is 2.00. The number of amides is 1. The van der Waals surface area contributed by atoms with Crippen LogP contribution in [0.25, 0.3) is 0 Å². The Balaban J connectivity index is 2.45. The number of thiazole rings is 1. The molecule has 1 aromatic rings. The van der Waals surface area contributed by atoms with Gasteiger partial charge in [0.2, 0.25) is 5.91 Å². The van der Waals surface area contributed by atoms with Crippen molar-refractivity contribution in [3.8, 4) is 0 Å². The van der Waals surface area contributed by atoms with Crippen molar-refractivity contribution in [3.63, 3.8) is 0 Å². The van der Waals surface area contributed by atoms with E-state index in [1.54, 1.807) is 6.20 Å². The van der Waals surface area contributed by atoms with Gasteiger partial charge in [-0.05, 0) is 6.42 Å². The van der Waals surface area contributed by atoms with Gasteiger partial charge in [-0.1, -0.05) is 6.92 Å². The summed E-state index contributed by atoms with van der Waals surface area (Å²) in [4.78, 5) is 25.8. The Kier molecular flexibility index (Phi) is 4.91. The number of carboxylic acids is 1. The van der Waals surface area contributed by atoms with E-state index in [0.717, 1.165) is 11.4 Å². The van der Waals surface area contributed by atoms with E-state index >= 15 is 0 Å². The second-order valence-electron chi connectivity index (χ2n) is 3.29. The minimum atomic E-state index is -0.961. The molecule has 6 heteroatoms. The molecule has 0 aliphatic heterocycles. The van der Waals surface area contributed by atoms with Crippen LogP contribution in [0.1, 0.15) is 37.2 Å². The van der Waals surface area contributed by atoms with Crippen LogP contribution >= 0.6 is 11.3 Å². The first-order chi connectivity index (χ1) is 7.63. The standard InChI is InChI=1S/C10H14N2O3S/c1-2-7(10-11-5-6-16-10)12-8(13)3-4-9(14)15/h5-7H,2-4H2,1H3,(H,12,13)(H,14,15). The highest BCUT2D eigenvalue weighted by atomic mass is 32.1. The first-order valence-electron chi connectivity index (χ1n) is 5.04. The first-order valence-corrected chi connectivity index (χ1v) is 5.92. The number of carbonyl (C=O) groups is 2. The van der Waals surface area contributed by atoms with E-state index in [1.165, 1.54) is 11.3 Å². The van der Waals surface area contributed by atoms with E-state index in [1.807, 2.05) is 12.3 Å². The summed E-state index contributed by atoms with van der Waals surface area (Å²) in [7, 11) is 0. The summed E-state index contributed by atoms with van der Waals surface area (Å²) in [5.41, 5.74) is 0. The molecular weight excluding hydrogens is 228 g/mol. The van der Waals surface area contributed by atoms with Gasteiger partial charge in [0.15, 0.2) is 0 Å². The van der Waals surface area contributed by atoms with Crippen molar-refractivity contribution in [2.24, 2.45) is 0 Å². The normalized spacial score (nSPS) is 12.1. The first kappa shape index (κ1) is 12.6. The van der Waals surface area contributed by atoms with Gasteiger partial charge in [0.25, 0.3) is 0 Å². The van der Waals surface area contributed by atoms with Gasteiger partial charge < -0.3 is 10.4 Å².